The fourth-order valence-electron chi connectivity index (χ4n) is 3.65. The molecule has 0 aromatic rings. The molecule has 2 atom stereocenters. The average Bonchev–Trinajstić information content (AvgIpc) is 3.56. The number of hydrogen-bond donors (Lipinski definition) is 0. The van der Waals surface area contributed by atoms with Gasteiger partial charge in [0, 0.05) is 0 Å². The fourth-order valence-corrected chi connectivity index (χ4v) is 3.65. The molecule has 2 unspecified atom stereocenters. The molecule has 2 fully saturated rings. The number of hydrogen-bond acceptors (Lipinski definition) is 0. The first kappa shape index (κ1) is 72.1. The fraction of sp³-hybridized carbons (Fsp3) is 0.775. The predicted octanol–water partition coefficient (Wildman–Crippen LogP) is 14.5. The summed E-state index contributed by atoms with van der Waals surface area (Å²) in [6.07, 6.45) is 16.8. The van der Waals surface area contributed by atoms with Gasteiger partial charge in [0.25, 0.3) is 0 Å². The van der Waals surface area contributed by atoms with Gasteiger partial charge in [0.1, 0.15) is 0 Å². The Morgan fingerprint density at radius 3 is 0.907 bits per heavy atom. The van der Waals surface area contributed by atoms with Crippen LogP contribution in [0.25, 0.3) is 0 Å². The van der Waals surface area contributed by atoms with E-state index in [0.29, 0.717) is 11.8 Å². The Labute approximate surface area is 357 Å². The minimum absolute atomic E-state index is 0. The molecule has 0 N–H and O–H groups in total. The van der Waals surface area contributed by atoms with Gasteiger partial charge in [0.05, 0.1) is 0 Å². The largest absolute Gasteiger partial charge is 3.00 e. The second-order valence-corrected chi connectivity index (χ2v) is 10.8. The van der Waals surface area contributed by atoms with Crippen molar-refractivity contribution in [1.82, 2.24) is 0 Å². The molecule has 0 heterocycles. The summed E-state index contributed by atoms with van der Waals surface area (Å²) < 4.78 is 0. The zero-order chi connectivity index (χ0) is 33.7. The number of rotatable bonds is 5. The Hall–Kier alpha value is 3.31. The van der Waals surface area contributed by atoms with Crippen molar-refractivity contribution in [2.45, 2.75) is 157 Å². The summed E-state index contributed by atoms with van der Waals surface area (Å²) in [4.78, 5) is 0. The van der Waals surface area contributed by atoms with Crippen molar-refractivity contribution < 1.29 is 98.1 Å². The van der Waals surface area contributed by atoms with Crippen LogP contribution in [0.15, 0.2) is 0 Å². The molecule has 2 aliphatic rings. The Balaban J connectivity index is -0.0000000378. The first-order valence-electron chi connectivity index (χ1n) is 17.0. The molecule has 0 aliphatic heterocycles. The molecule has 0 radical (unpaired) electrons. The van der Waals surface area contributed by atoms with Crippen molar-refractivity contribution in [3.63, 3.8) is 0 Å². The molecule has 0 amide bonds. The third-order valence-corrected chi connectivity index (χ3v) is 6.07. The Kier molecular flexibility index (Phi) is 107. The van der Waals surface area contributed by atoms with Gasteiger partial charge in [-0.25, -0.2) is 0 Å². The third kappa shape index (κ3) is 61.1. The topological polar surface area (TPSA) is 0 Å². The summed E-state index contributed by atoms with van der Waals surface area (Å²) in [6, 6.07) is 0. The minimum atomic E-state index is 0. The van der Waals surface area contributed by atoms with E-state index in [4.69, 9.17) is 0 Å². The van der Waals surface area contributed by atoms with Gasteiger partial charge < -0.3 is 66.2 Å². The first-order chi connectivity index (χ1) is 18.9. The minimum Gasteiger partial charge on any atom is -0.357 e. The average molecular weight is 833 g/mol. The molecule has 0 saturated heterocycles. The maximum Gasteiger partial charge on any atom is 3.00 e. The van der Waals surface area contributed by atoms with Crippen molar-refractivity contribution in [2.75, 3.05) is 0 Å². The van der Waals surface area contributed by atoms with E-state index in [9.17, 15) is 0 Å². The molecule has 0 nitrogen and oxygen atoms in total. The van der Waals surface area contributed by atoms with Gasteiger partial charge >= 0.3 is 98.1 Å². The zero-order valence-corrected chi connectivity index (χ0v) is 42.1. The molecule has 2 saturated carbocycles. The summed E-state index contributed by atoms with van der Waals surface area (Å²) in [5.41, 5.74) is 0. The van der Waals surface area contributed by atoms with E-state index in [0.717, 1.165) is 48.3 Å². The zero-order valence-electron chi connectivity index (χ0n) is 33.6. The summed E-state index contributed by atoms with van der Waals surface area (Å²) in [5, 5.41) is 0. The van der Waals surface area contributed by atoms with Crippen molar-refractivity contribution in [1.29, 1.82) is 0 Å². The molecule has 2 aliphatic carbocycles. The Bertz CT molecular complexity index is 319. The van der Waals surface area contributed by atoms with Crippen LogP contribution < -0.4 is 0 Å². The van der Waals surface area contributed by atoms with Gasteiger partial charge in [-0.1, -0.05) is 101 Å². The van der Waals surface area contributed by atoms with Crippen molar-refractivity contribution in [3.05, 3.63) is 59.8 Å². The van der Waals surface area contributed by atoms with Gasteiger partial charge in [0.15, 0.2) is 0 Å². The quantitative estimate of drug-likeness (QED) is 0.242. The molecule has 254 valence electrons. The van der Waals surface area contributed by atoms with Gasteiger partial charge in [-0.2, -0.15) is 79.1 Å². The van der Waals surface area contributed by atoms with E-state index in [1.165, 1.54) is 19.3 Å². The van der Waals surface area contributed by atoms with Crippen LogP contribution in [0.4, 0.5) is 0 Å². The predicted molar refractivity (Wildman–Crippen MR) is 196 cm³/mol. The van der Waals surface area contributed by atoms with Crippen LogP contribution in [0.3, 0.4) is 0 Å². The van der Waals surface area contributed by atoms with Crippen molar-refractivity contribution in [3.8, 4) is 0 Å². The Morgan fingerprint density at radius 1 is 0.581 bits per heavy atom. The monoisotopic (exact) mass is 832 g/mol. The van der Waals surface area contributed by atoms with Gasteiger partial charge in [-0.3, -0.25) is 0 Å². The van der Waals surface area contributed by atoms with Crippen LogP contribution in [0, 0.1) is 107 Å². The normalized spacial score (nSPS) is 17.0. The van der Waals surface area contributed by atoms with Crippen LogP contribution >= 0.6 is 0 Å². The smallest absolute Gasteiger partial charge is 0.357 e. The van der Waals surface area contributed by atoms with Gasteiger partial charge in [0.2, 0.25) is 0 Å². The summed E-state index contributed by atoms with van der Waals surface area (Å²) >= 11 is 0. The maximum absolute atomic E-state index is 3.97. The summed E-state index contributed by atoms with van der Waals surface area (Å²) in [6.45, 7) is 53.2. The molecule has 0 aromatic heterocycles. The van der Waals surface area contributed by atoms with Crippen LogP contribution in [0.2, 0.25) is 0 Å². The molecule has 3 heteroatoms. The van der Waals surface area contributed by atoms with Crippen molar-refractivity contribution >= 4 is 0 Å². The van der Waals surface area contributed by atoms with Crippen molar-refractivity contribution in [2.24, 2.45) is 47.3 Å². The molecule has 2 rings (SSSR count). The van der Waals surface area contributed by atoms with E-state index in [1.54, 1.807) is 0 Å². The SMILES string of the molecule is CC.CC.CC.CC(C)C1C[CH-]C[CH-]C1.C[CH-]C.C[CH-]C.C[CH-]C.[CH2-]C1C([CH2-])C1C(C)C.[CH2-]CC(C[CH2-])C(C)C.[Y+3].[Y+3].[Y+3]. The van der Waals surface area contributed by atoms with Crippen LogP contribution in [-0.4, -0.2) is 0 Å². The molecule has 0 spiro atoms. The summed E-state index contributed by atoms with van der Waals surface area (Å²) in [7, 11) is 0. The Morgan fingerprint density at radius 2 is 0.837 bits per heavy atom. The van der Waals surface area contributed by atoms with Gasteiger partial charge in [-0.05, 0) is 17.8 Å². The van der Waals surface area contributed by atoms with Crippen LogP contribution in [-0.2, 0) is 98.1 Å². The van der Waals surface area contributed by atoms with E-state index in [2.05, 4.69) is 82.1 Å². The molecular formula is C40H85Y3. The van der Waals surface area contributed by atoms with E-state index in [1.807, 2.05) is 102 Å². The molecular weight excluding hydrogens is 747 g/mol. The molecule has 0 aromatic carbocycles. The van der Waals surface area contributed by atoms with E-state index >= 15 is 0 Å². The van der Waals surface area contributed by atoms with Crippen LogP contribution in [0.1, 0.15) is 157 Å². The third-order valence-electron chi connectivity index (χ3n) is 6.07. The maximum atomic E-state index is 3.97. The van der Waals surface area contributed by atoms with Crippen LogP contribution in [0.5, 0.6) is 0 Å². The van der Waals surface area contributed by atoms with E-state index < -0.39 is 0 Å². The molecule has 43 heavy (non-hydrogen) atoms. The first-order valence-corrected chi connectivity index (χ1v) is 17.0. The van der Waals surface area contributed by atoms with Gasteiger partial charge in [-0.15, -0.1) is 0 Å². The van der Waals surface area contributed by atoms with E-state index in [-0.39, 0.29) is 98.1 Å². The second-order valence-electron chi connectivity index (χ2n) is 10.8. The molecule has 0 bridgehead atoms. The standard InChI is InChI=1S/C9H16.C8H14.C8H16.3C3H7.3C2H6.3Y/c1-8(2)9-6-4-3-5-7-9;1-5(2)8-6(3)7(8)4;1-5-8(6-2)7(3)4;3*1-3-2;3*1-2;;;/h4-5,8-9H,3,6-7H2,1-2H3;5-8H,3-4H2,1-2H3;7-8H,1-2,5-6H2,3-4H3;3*3H,1-2H3;3*1-2H3;;;/q3*-2;3*-1;;;;3*+3. The summed E-state index contributed by atoms with van der Waals surface area (Å²) in [5.74, 6) is 6.21. The second kappa shape index (κ2) is 63.9.